The molecule has 2 rings (SSSR count). The highest BCUT2D eigenvalue weighted by atomic mass is 16.1. The summed E-state index contributed by atoms with van der Waals surface area (Å²) in [5, 5.41) is 6.15. The molecule has 1 saturated carbocycles. The minimum atomic E-state index is 0.0564. The second-order valence-electron chi connectivity index (χ2n) is 5.83. The molecule has 0 bridgehead atoms. The van der Waals surface area contributed by atoms with E-state index in [1.807, 2.05) is 32.2 Å². The monoisotopic (exact) mass is 274 g/mol. The largest absolute Gasteiger partial charge is 0.388 e. The van der Waals surface area contributed by atoms with Gasteiger partial charge in [-0.2, -0.15) is 0 Å². The summed E-state index contributed by atoms with van der Waals surface area (Å²) >= 11 is 0. The Morgan fingerprint density at radius 2 is 2.00 bits per heavy atom. The number of rotatable bonds is 5. The Kier molecular flexibility index (Phi) is 5.45. The van der Waals surface area contributed by atoms with E-state index < -0.39 is 0 Å². The molecule has 0 saturated heterocycles. The van der Waals surface area contributed by atoms with E-state index in [4.69, 9.17) is 0 Å². The van der Waals surface area contributed by atoms with Crippen LogP contribution in [-0.2, 0) is 0 Å². The molecule has 0 radical (unpaired) electrons. The predicted octanol–water partition coefficient (Wildman–Crippen LogP) is 3.74. The Labute approximate surface area is 122 Å². The molecule has 1 aliphatic carbocycles. The molecular weight excluding hydrogens is 248 g/mol. The minimum Gasteiger partial charge on any atom is -0.388 e. The molecule has 0 spiro atoms. The van der Waals surface area contributed by atoms with E-state index in [-0.39, 0.29) is 5.91 Å². The van der Waals surface area contributed by atoms with Crippen molar-refractivity contribution in [2.75, 3.05) is 18.9 Å². The lowest BCUT2D eigenvalue weighted by molar-refractivity contribution is 0.0950. The number of amides is 1. The first kappa shape index (κ1) is 14.9. The maximum Gasteiger partial charge on any atom is 0.251 e. The smallest absolute Gasteiger partial charge is 0.251 e. The van der Waals surface area contributed by atoms with Gasteiger partial charge >= 0.3 is 0 Å². The van der Waals surface area contributed by atoms with E-state index in [1.54, 1.807) is 0 Å². The van der Waals surface area contributed by atoms with Crippen molar-refractivity contribution in [3.63, 3.8) is 0 Å². The summed E-state index contributed by atoms with van der Waals surface area (Å²) < 4.78 is 0. The molecule has 1 amide bonds. The molecule has 20 heavy (non-hydrogen) atoms. The molecule has 0 aliphatic heterocycles. The van der Waals surface area contributed by atoms with E-state index in [9.17, 15) is 4.79 Å². The van der Waals surface area contributed by atoms with Gasteiger partial charge in [0, 0.05) is 24.8 Å². The van der Waals surface area contributed by atoms with Crippen LogP contribution in [0, 0.1) is 12.8 Å². The first-order valence-corrected chi connectivity index (χ1v) is 7.77. The number of hydrogen-bond acceptors (Lipinski definition) is 2. The fourth-order valence-electron chi connectivity index (χ4n) is 3.03. The number of hydrogen-bond donors (Lipinski definition) is 2. The minimum absolute atomic E-state index is 0.0564. The van der Waals surface area contributed by atoms with Crippen LogP contribution < -0.4 is 10.6 Å². The van der Waals surface area contributed by atoms with Crippen molar-refractivity contribution in [2.45, 2.75) is 45.4 Å². The number of nitrogens with one attached hydrogen (secondary N) is 2. The average molecular weight is 274 g/mol. The summed E-state index contributed by atoms with van der Waals surface area (Å²) in [5.41, 5.74) is 2.85. The molecule has 0 aromatic heterocycles. The molecule has 110 valence electrons. The van der Waals surface area contributed by atoms with E-state index in [2.05, 4.69) is 10.6 Å². The summed E-state index contributed by atoms with van der Waals surface area (Å²) in [7, 11) is 1.89. The predicted molar refractivity (Wildman–Crippen MR) is 84.3 cm³/mol. The highest BCUT2D eigenvalue weighted by molar-refractivity contribution is 5.96. The molecule has 1 aromatic carbocycles. The summed E-state index contributed by atoms with van der Waals surface area (Å²) in [6, 6.07) is 5.86. The van der Waals surface area contributed by atoms with Crippen molar-refractivity contribution >= 4 is 11.6 Å². The fraction of sp³-hybridized carbons (Fsp3) is 0.588. The number of aryl methyl sites for hydroxylation is 1. The first-order valence-electron chi connectivity index (χ1n) is 7.77. The van der Waals surface area contributed by atoms with Gasteiger partial charge in [-0.3, -0.25) is 4.79 Å². The van der Waals surface area contributed by atoms with Crippen molar-refractivity contribution in [3.8, 4) is 0 Å². The molecule has 0 heterocycles. The van der Waals surface area contributed by atoms with E-state index in [0.29, 0.717) is 0 Å². The Bertz CT molecular complexity index is 450. The van der Waals surface area contributed by atoms with Crippen LogP contribution in [-0.4, -0.2) is 19.5 Å². The zero-order chi connectivity index (χ0) is 14.4. The van der Waals surface area contributed by atoms with Crippen molar-refractivity contribution in [1.29, 1.82) is 0 Å². The van der Waals surface area contributed by atoms with Crippen LogP contribution in [0.1, 0.15) is 54.4 Å². The molecule has 1 fully saturated rings. The van der Waals surface area contributed by atoms with Crippen LogP contribution in [0.2, 0.25) is 0 Å². The van der Waals surface area contributed by atoms with Gasteiger partial charge in [0.15, 0.2) is 0 Å². The summed E-state index contributed by atoms with van der Waals surface area (Å²) in [4.78, 5) is 12.2. The Morgan fingerprint density at radius 3 is 2.65 bits per heavy atom. The normalized spacial score (nSPS) is 15.9. The lowest BCUT2D eigenvalue weighted by Gasteiger charge is -2.21. The maximum atomic E-state index is 12.2. The van der Waals surface area contributed by atoms with Crippen LogP contribution in [0.3, 0.4) is 0 Å². The Hall–Kier alpha value is -1.51. The number of carbonyl (C=O) groups is 1. The third kappa shape index (κ3) is 3.99. The fourth-order valence-corrected chi connectivity index (χ4v) is 3.03. The van der Waals surface area contributed by atoms with Gasteiger partial charge in [0.25, 0.3) is 5.91 Å². The van der Waals surface area contributed by atoms with Crippen LogP contribution in [0.15, 0.2) is 18.2 Å². The molecule has 1 aliphatic rings. The Balaban J connectivity index is 1.82. The number of anilines is 1. The molecule has 0 unspecified atom stereocenters. The van der Waals surface area contributed by atoms with Crippen molar-refractivity contribution in [1.82, 2.24) is 5.32 Å². The highest BCUT2D eigenvalue weighted by Gasteiger charge is 2.14. The van der Waals surface area contributed by atoms with E-state index in [1.165, 1.54) is 32.1 Å². The quantitative estimate of drug-likeness (QED) is 0.859. The van der Waals surface area contributed by atoms with E-state index >= 15 is 0 Å². The van der Waals surface area contributed by atoms with Crippen molar-refractivity contribution in [2.24, 2.45) is 5.92 Å². The van der Waals surface area contributed by atoms with Gasteiger partial charge in [-0.05, 0) is 43.0 Å². The second-order valence-corrected chi connectivity index (χ2v) is 5.83. The van der Waals surface area contributed by atoms with Crippen LogP contribution in [0.25, 0.3) is 0 Å². The average Bonchev–Trinajstić information content (AvgIpc) is 2.48. The summed E-state index contributed by atoms with van der Waals surface area (Å²) in [6.45, 7) is 2.79. The standard InChI is InChI=1S/C17H26N2O/c1-13-12-15(18-2)8-9-16(13)17(20)19-11-10-14-6-4-3-5-7-14/h8-9,12,14,18H,3-7,10-11H2,1-2H3,(H,19,20). The van der Waals surface area contributed by atoms with Gasteiger partial charge in [0.2, 0.25) is 0 Å². The number of benzene rings is 1. The third-order valence-corrected chi connectivity index (χ3v) is 4.32. The molecule has 3 nitrogen and oxygen atoms in total. The van der Waals surface area contributed by atoms with Gasteiger partial charge in [0.1, 0.15) is 0 Å². The zero-order valence-corrected chi connectivity index (χ0v) is 12.7. The van der Waals surface area contributed by atoms with Gasteiger partial charge in [-0.15, -0.1) is 0 Å². The molecular formula is C17H26N2O. The topological polar surface area (TPSA) is 41.1 Å². The molecule has 3 heteroatoms. The summed E-state index contributed by atoms with van der Waals surface area (Å²) in [5.74, 6) is 0.873. The maximum absolute atomic E-state index is 12.2. The third-order valence-electron chi connectivity index (χ3n) is 4.32. The number of carbonyl (C=O) groups excluding carboxylic acids is 1. The molecule has 1 aromatic rings. The van der Waals surface area contributed by atoms with Gasteiger partial charge < -0.3 is 10.6 Å². The lowest BCUT2D eigenvalue weighted by Crippen LogP contribution is -2.27. The molecule has 0 atom stereocenters. The van der Waals surface area contributed by atoms with Crippen LogP contribution in [0.4, 0.5) is 5.69 Å². The summed E-state index contributed by atoms with van der Waals surface area (Å²) in [6.07, 6.45) is 7.92. The van der Waals surface area contributed by atoms with Crippen LogP contribution >= 0.6 is 0 Å². The van der Waals surface area contributed by atoms with Crippen LogP contribution in [0.5, 0.6) is 0 Å². The van der Waals surface area contributed by atoms with Gasteiger partial charge in [0.05, 0.1) is 0 Å². The zero-order valence-electron chi connectivity index (χ0n) is 12.7. The first-order chi connectivity index (χ1) is 9.70. The highest BCUT2D eigenvalue weighted by Crippen LogP contribution is 2.25. The second kappa shape index (κ2) is 7.32. The van der Waals surface area contributed by atoms with Crippen molar-refractivity contribution in [3.05, 3.63) is 29.3 Å². The van der Waals surface area contributed by atoms with Gasteiger partial charge in [-0.1, -0.05) is 32.1 Å². The molecule has 2 N–H and O–H groups in total. The SMILES string of the molecule is CNc1ccc(C(=O)NCCC2CCCCC2)c(C)c1. The van der Waals surface area contributed by atoms with E-state index in [0.717, 1.165) is 35.7 Å². The van der Waals surface area contributed by atoms with Crippen molar-refractivity contribution < 1.29 is 4.79 Å². The lowest BCUT2D eigenvalue weighted by atomic mass is 9.87. The van der Waals surface area contributed by atoms with Gasteiger partial charge in [-0.25, -0.2) is 0 Å². The Morgan fingerprint density at radius 1 is 1.25 bits per heavy atom.